The zero-order chi connectivity index (χ0) is 19.5. The van der Waals surface area contributed by atoms with Gasteiger partial charge in [0.25, 0.3) is 5.91 Å². The van der Waals surface area contributed by atoms with Crippen LogP contribution in [0.4, 0.5) is 5.82 Å². The first kappa shape index (κ1) is 17.5. The minimum Gasteiger partial charge on any atom is -0.497 e. The van der Waals surface area contributed by atoms with Gasteiger partial charge in [0.05, 0.1) is 18.5 Å². The Morgan fingerprint density at radius 1 is 1.00 bits per heavy atom. The molecule has 0 aliphatic heterocycles. The van der Waals surface area contributed by atoms with Gasteiger partial charge in [0, 0.05) is 24.9 Å². The fourth-order valence-electron chi connectivity index (χ4n) is 2.89. The fourth-order valence-corrected chi connectivity index (χ4v) is 2.89. The van der Waals surface area contributed by atoms with E-state index in [-0.39, 0.29) is 5.91 Å². The molecule has 1 amide bonds. The molecule has 2 aromatic carbocycles. The van der Waals surface area contributed by atoms with Crippen molar-refractivity contribution in [2.75, 3.05) is 12.4 Å². The van der Waals surface area contributed by atoms with Crippen molar-refractivity contribution in [2.45, 2.75) is 0 Å². The Bertz CT molecular complexity index is 1100. The number of amides is 1. The summed E-state index contributed by atoms with van der Waals surface area (Å²) in [7, 11) is 3.42. The van der Waals surface area contributed by atoms with Gasteiger partial charge in [-0.2, -0.15) is 10.2 Å². The van der Waals surface area contributed by atoms with Crippen LogP contribution >= 0.6 is 0 Å². The summed E-state index contributed by atoms with van der Waals surface area (Å²) in [5, 5.41) is 11.5. The molecule has 2 aromatic heterocycles. The molecule has 0 aliphatic carbocycles. The SMILES string of the molecule is COc1ccc(-c2cc(C(=O)Nc3ccn(C)n3)nn2-c2ccccc2)cc1. The number of carbonyl (C=O) groups is 1. The number of nitrogens with one attached hydrogen (secondary N) is 1. The predicted molar refractivity (Wildman–Crippen MR) is 107 cm³/mol. The topological polar surface area (TPSA) is 74.0 Å². The van der Waals surface area contributed by atoms with Gasteiger partial charge in [-0.05, 0) is 42.5 Å². The van der Waals surface area contributed by atoms with Crippen molar-refractivity contribution >= 4 is 11.7 Å². The monoisotopic (exact) mass is 373 g/mol. The average molecular weight is 373 g/mol. The standard InChI is InChI=1S/C21H19N5O2/c1-25-13-12-20(24-25)22-21(27)18-14-19(15-8-10-17(28-2)11-9-15)26(23-18)16-6-4-3-5-7-16/h3-14H,1-2H3,(H,22,24,27). The zero-order valence-electron chi connectivity index (χ0n) is 15.5. The lowest BCUT2D eigenvalue weighted by molar-refractivity contribution is 0.102. The molecule has 1 N–H and O–H groups in total. The van der Waals surface area contributed by atoms with Crippen LogP contribution in [-0.2, 0) is 7.05 Å². The van der Waals surface area contributed by atoms with Crippen molar-refractivity contribution in [3.8, 4) is 22.7 Å². The van der Waals surface area contributed by atoms with Crippen LogP contribution in [0.3, 0.4) is 0 Å². The van der Waals surface area contributed by atoms with E-state index in [0.717, 1.165) is 22.7 Å². The smallest absolute Gasteiger partial charge is 0.277 e. The Balaban J connectivity index is 1.74. The van der Waals surface area contributed by atoms with Crippen LogP contribution in [0.2, 0.25) is 0 Å². The quantitative estimate of drug-likeness (QED) is 0.581. The van der Waals surface area contributed by atoms with Gasteiger partial charge in [-0.1, -0.05) is 18.2 Å². The first-order valence-electron chi connectivity index (χ1n) is 8.75. The van der Waals surface area contributed by atoms with E-state index in [9.17, 15) is 4.79 Å². The molecule has 0 saturated carbocycles. The Labute approximate surface area is 162 Å². The summed E-state index contributed by atoms with van der Waals surface area (Å²) in [6.07, 6.45) is 1.76. The molecule has 4 rings (SSSR count). The Morgan fingerprint density at radius 3 is 2.39 bits per heavy atom. The lowest BCUT2D eigenvalue weighted by atomic mass is 10.1. The van der Waals surface area contributed by atoms with E-state index < -0.39 is 0 Å². The van der Waals surface area contributed by atoms with Crippen molar-refractivity contribution in [2.24, 2.45) is 7.05 Å². The minimum atomic E-state index is -0.317. The molecule has 0 fully saturated rings. The third-order valence-corrected chi connectivity index (χ3v) is 4.28. The molecule has 140 valence electrons. The minimum absolute atomic E-state index is 0.306. The van der Waals surface area contributed by atoms with E-state index in [4.69, 9.17) is 4.74 Å². The van der Waals surface area contributed by atoms with E-state index in [1.165, 1.54) is 0 Å². The molecule has 7 nitrogen and oxygen atoms in total. The molecule has 2 heterocycles. The highest BCUT2D eigenvalue weighted by Gasteiger charge is 2.17. The summed E-state index contributed by atoms with van der Waals surface area (Å²) in [5.41, 5.74) is 2.90. The van der Waals surface area contributed by atoms with E-state index in [1.54, 1.807) is 41.9 Å². The van der Waals surface area contributed by atoms with Crippen molar-refractivity contribution < 1.29 is 9.53 Å². The van der Waals surface area contributed by atoms with Crippen molar-refractivity contribution in [3.05, 3.63) is 78.6 Å². The number of aryl methyl sites for hydroxylation is 1. The second kappa shape index (κ2) is 7.40. The molecular formula is C21H19N5O2. The van der Waals surface area contributed by atoms with Crippen LogP contribution in [0.1, 0.15) is 10.5 Å². The van der Waals surface area contributed by atoms with Crippen LogP contribution in [0, 0.1) is 0 Å². The number of anilines is 1. The van der Waals surface area contributed by atoms with Crippen LogP contribution in [0.25, 0.3) is 16.9 Å². The number of rotatable bonds is 5. The lowest BCUT2D eigenvalue weighted by Gasteiger charge is -2.08. The molecule has 0 spiro atoms. The normalized spacial score (nSPS) is 10.6. The molecule has 0 aliphatic rings. The first-order valence-corrected chi connectivity index (χ1v) is 8.75. The molecule has 0 atom stereocenters. The maximum absolute atomic E-state index is 12.7. The van der Waals surface area contributed by atoms with E-state index in [1.807, 2.05) is 54.6 Å². The average Bonchev–Trinajstić information content (AvgIpc) is 3.35. The third kappa shape index (κ3) is 3.50. The summed E-state index contributed by atoms with van der Waals surface area (Å²) in [5.74, 6) is 0.929. The number of benzene rings is 2. The van der Waals surface area contributed by atoms with E-state index >= 15 is 0 Å². The number of hydrogen-bond acceptors (Lipinski definition) is 4. The van der Waals surface area contributed by atoms with Gasteiger partial charge in [-0.15, -0.1) is 0 Å². The molecule has 0 unspecified atom stereocenters. The second-order valence-electron chi connectivity index (χ2n) is 6.22. The maximum Gasteiger partial charge on any atom is 0.277 e. The van der Waals surface area contributed by atoms with E-state index in [2.05, 4.69) is 15.5 Å². The molecule has 0 saturated heterocycles. The second-order valence-corrected chi connectivity index (χ2v) is 6.22. The van der Waals surface area contributed by atoms with Crippen LogP contribution in [0.5, 0.6) is 5.75 Å². The lowest BCUT2D eigenvalue weighted by Crippen LogP contribution is -2.13. The first-order chi connectivity index (χ1) is 13.6. The number of carbonyl (C=O) groups excluding carboxylic acids is 1. The molecule has 0 radical (unpaired) electrons. The van der Waals surface area contributed by atoms with Crippen molar-refractivity contribution in [1.82, 2.24) is 19.6 Å². The van der Waals surface area contributed by atoms with Crippen LogP contribution in [-0.4, -0.2) is 32.6 Å². The molecule has 0 bridgehead atoms. The number of nitrogens with zero attached hydrogens (tertiary/aromatic N) is 4. The van der Waals surface area contributed by atoms with Gasteiger partial charge in [0.1, 0.15) is 5.75 Å². The number of methoxy groups -OCH3 is 1. The number of aromatic nitrogens is 4. The van der Waals surface area contributed by atoms with Crippen molar-refractivity contribution in [1.29, 1.82) is 0 Å². The van der Waals surface area contributed by atoms with E-state index in [0.29, 0.717) is 11.5 Å². The summed E-state index contributed by atoms with van der Waals surface area (Å²) < 4.78 is 8.62. The van der Waals surface area contributed by atoms with Gasteiger partial charge in [0.2, 0.25) is 0 Å². The van der Waals surface area contributed by atoms with Gasteiger partial charge < -0.3 is 10.1 Å². The summed E-state index contributed by atoms with van der Waals surface area (Å²) in [6.45, 7) is 0. The van der Waals surface area contributed by atoms with Gasteiger partial charge in [-0.3, -0.25) is 9.48 Å². The fraction of sp³-hybridized carbons (Fsp3) is 0.0952. The molecule has 28 heavy (non-hydrogen) atoms. The molecular weight excluding hydrogens is 354 g/mol. The Kier molecular flexibility index (Phi) is 4.63. The van der Waals surface area contributed by atoms with Gasteiger partial charge in [-0.25, -0.2) is 4.68 Å². The van der Waals surface area contributed by atoms with Gasteiger partial charge >= 0.3 is 0 Å². The van der Waals surface area contributed by atoms with Crippen molar-refractivity contribution in [3.63, 3.8) is 0 Å². The highest BCUT2D eigenvalue weighted by Crippen LogP contribution is 2.26. The van der Waals surface area contributed by atoms with Gasteiger partial charge in [0.15, 0.2) is 11.5 Å². The third-order valence-electron chi connectivity index (χ3n) is 4.28. The summed E-state index contributed by atoms with van der Waals surface area (Å²) in [6, 6.07) is 20.8. The highest BCUT2D eigenvalue weighted by atomic mass is 16.5. The predicted octanol–water partition coefficient (Wildman–Crippen LogP) is 3.53. The number of hydrogen-bond donors (Lipinski definition) is 1. The summed E-state index contributed by atoms with van der Waals surface area (Å²) in [4.78, 5) is 12.7. The Hall–Kier alpha value is -3.87. The zero-order valence-corrected chi connectivity index (χ0v) is 15.5. The largest absolute Gasteiger partial charge is 0.497 e. The number of para-hydroxylation sites is 1. The maximum atomic E-state index is 12.7. The Morgan fingerprint density at radius 2 is 1.75 bits per heavy atom. The van der Waals surface area contributed by atoms with Crippen LogP contribution in [0.15, 0.2) is 72.9 Å². The summed E-state index contributed by atoms with van der Waals surface area (Å²) >= 11 is 0. The van der Waals surface area contributed by atoms with Crippen LogP contribution < -0.4 is 10.1 Å². The molecule has 7 heteroatoms. The highest BCUT2D eigenvalue weighted by molar-refractivity contribution is 6.03. The molecule has 4 aromatic rings. The number of ether oxygens (including phenoxy) is 1.